The first-order valence-electron chi connectivity index (χ1n) is 6.50. The lowest BCUT2D eigenvalue weighted by Gasteiger charge is -2.08. The molecule has 0 heterocycles. The lowest BCUT2D eigenvalue weighted by molar-refractivity contribution is -0.137. The number of hydrogen-bond donors (Lipinski definition) is 3. The third-order valence-electron chi connectivity index (χ3n) is 2.91. The molecule has 110 valence electrons. The van der Waals surface area contributed by atoms with E-state index >= 15 is 0 Å². The molecule has 0 saturated carbocycles. The number of hydrogen-bond acceptors (Lipinski definition) is 2. The maximum atomic E-state index is 11.7. The molecular formula is C15H15BrN2O3. The van der Waals surface area contributed by atoms with Crippen molar-refractivity contribution in [1.82, 2.24) is 5.32 Å². The van der Waals surface area contributed by atoms with E-state index < -0.39 is 5.97 Å². The summed E-state index contributed by atoms with van der Waals surface area (Å²) < 4.78 is 1.01. The first-order valence-corrected chi connectivity index (χ1v) is 7.30. The Kier molecular flexibility index (Phi) is 5.16. The fourth-order valence-corrected chi connectivity index (χ4v) is 2.29. The van der Waals surface area contributed by atoms with Crippen LogP contribution in [0.4, 0.5) is 10.5 Å². The maximum Gasteiger partial charge on any atom is 0.319 e. The number of carboxylic acids is 1. The molecule has 2 aromatic carbocycles. The third kappa shape index (κ3) is 4.75. The highest BCUT2D eigenvalue weighted by molar-refractivity contribution is 9.10. The minimum Gasteiger partial charge on any atom is -0.481 e. The van der Waals surface area contributed by atoms with Gasteiger partial charge in [-0.15, -0.1) is 0 Å². The van der Waals surface area contributed by atoms with Crippen molar-refractivity contribution in [3.63, 3.8) is 0 Å². The average Bonchev–Trinajstić information content (AvgIpc) is 2.43. The van der Waals surface area contributed by atoms with Gasteiger partial charge >= 0.3 is 12.0 Å². The second-order valence-corrected chi connectivity index (χ2v) is 5.50. The fourth-order valence-electron chi connectivity index (χ4n) is 1.91. The molecule has 2 rings (SSSR count). The summed E-state index contributed by atoms with van der Waals surface area (Å²) in [5.41, 5.74) is 0.695. The Balaban J connectivity index is 1.92. The molecule has 2 amide bonds. The zero-order chi connectivity index (χ0) is 15.2. The number of aliphatic carboxylic acids is 1. The predicted octanol–water partition coefficient (Wildman–Crippen LogP) is 3.59. The Morgan fingerprint density at radius 1 is 1.10 bits per heavy atom. The number of fused-ring (bicyclic) bond motifs is 1. The minimum absolute atomic E-state index is 0.0468. The zero-order valence-corrected chi connectivity index (χ0v) is 12.8. The third-order valence-corrected chi connectivity index (χ3v) is 3.41. The van der Waals surface area contributed by atoms with Crippen molar-refractivity contribution >= 4 is 44.4 Å². The molecule has 6 heteroatoms. The van der Waals surface area contributed by atoms with E-state index in [9.17, 15) is 9.59 Å². The van der Waals surface area contributed by atoms with Crippen molar-refractivity contribution < 1.29 is 14.7 Å². The van der Waals surface area contributed by atoms with Gasteiger partial charge in [0.15, 0.2) is 0 Å². The summed E-state index contributed by atoms with van der Waals surface area (Å²) in [5.74, 6) is -0.863. The van der Waals surface area contributed by atoms with E-state index in [4.69, 9.17) is 5.11 Å². The fraction of sp³-hybridized carbons (Fsp3) is 0.200. The summed E-state index contributed by atoms with van der Waals surface area (Å²) in [5, 5.41) is 16.0. The molecule has 0 aliphatic carbocycles. The van der Waals surface area contributed by atoms with Crippen molar-refractivity contribution in [3.05, 3.63) is 40.9 Å². The number of amides is 2. The average molecular weight is 351 g/mol. The molecule has 3 N–H and O–H groups in total. The topological polar surface area (TPSA) is 78.4 Å². The van der Waals surface area contributed by atoms with Gasteiger partial charge in [0.2, 0.25) is 0 Å². The van der Waals surface area contributed by atoms with Gasteiger partial charge in [0, 0.05) is 23.1 Å². The number of nitrogens with one attached hydrogen (secondary N) is 2. The van der Waals surface area contributed by atoms with Crippen LogP contribution in [-0.4, -0.2) is 23.7 Å². The molecule has 0 bridgehead atoms. The molecule has 0 fully saturated rings. The Hall–Kier alpha value is -2.08. The number of benzene rings is 2. The second kappa shape index (κ2) is 7.08. The van der Waals surface area contributed by atoms with Crippen molar-refractivity contribution in [2.45, 2.75) is 12.8 Å². The van der Waals surface area contributed by atoms with Gasteiger partial charge in [-0.3, -0.25) is 4.79 Å². The van der Waals surface area contributed by atoms with Gasteiger partial charge in [-0.25, -0.2) is 4.79 Å². The Bertz CT molecular complexity index is 673. The minimum atomic E-state index is -0.863. The standard InChI is InChI=1S/C15H15BrN2O3/c16-12-5-3-11-9-13(6-4-10(11)8-12)18-15(21)17-7-1-2-14(19)20/h3-6,8-9H,1-2,7H2,(H,19,20)(H2,17,18,21). The first-order chi connectivity index (χ1) is 10.0. The van der Waals surface area contributed by atoms with Crippen LogP contribution in [-0.2, 0) is 4.79 Å². The van der Waals surface area contributed by atoms with Crippen LogP contribution >= 0.6 is 15.9 Å². The Morgan fingerprint density at radius 2 is 1.81 bits per heavy atom. The summed E-state index contributed by atoms with van der Waals surface area (Å²) in [6.07, 6.45) is 0.458. The quantitative estimate of drug-likeness (QED) is 0.721. The lowest BCUT2D eigenvalue weighted by Crippen LogP contribution is -2.29. The highest BCUT2D eigenvalue weighted by Crippen LogP contribution is 2.22. The summed E-state index contributed by atoms with van der Waals surface area (Å²) in [4.78, 5) is 22.0. The number of rotatable bonds is 5. The molecule has 0 atom stereocenters. The van der Waals surface area contributed by atoms with Crippen LogP contribution < -0.4 is 10.6 Å². The second-order valence-electron chi connectivity index (χ2n) is 4.58. The highest BCUT2D eigenvalue weighted by Gasteiger charge is 2.03. The molecule has 0 spiro atoms. The molecule has 0 saturated heterocycles. The van der Waals surface area contributed by atoms with Crippen molar-refractivity contribution in [2.24, 2.45) is 0 Å². The van der Waals surface area contributed by atoms with Crippen molar-refractivity contribution in [1.29, 1.82) is 0 Å². The van der Waals surface area contributed by atoms with E-state index in [2.05, 4.69) is 26.6 Å². The van der Waals surface area contributed by atoms with Crippen LogP contribution in [0.2, 0.25) is 0 Å². The van der Waals surface area contributed by atoms with E-state index in [1.165, 1.54) is 0 Å². The molecule has 0 aliphatic rings. The van der Waals surface area contributed by atoms with Gasteiger partial charge in [0.25, 0.3) is 0 Å². The van der Waals surface area contributed by atoms with Gasteiger partial charge in [-0.05, 0) is 41.5 Å². The smallest absolute Gasteiger partial charge is 0.319 e. The van der Waals surface area contributed by atoms with Crippen LogP contribution in [0.1, 0.15) is 12.8 Å². The molecule has 21 heavy (non-hydrogen) atoms. The molecular weight excluding hydrogens is 336 g/mol. The van der Waals surface area contributed by atoms with Gasteiger partial charge in [0.05, 0.1) is 0 Å². The van der Waals surface area contributed by atoms with Crippen molar-refractivity contribution in [2.75, 3.05) is 11.9 Å². The monoisotopic (exact) mass is 350 g/mol. The summed E-state index contributed by atoms with van der Waals surface area (Å²) in [7, 11) is 0. The SMILES string of the molecule is O=C(O)CCCNC(=O)Nc1ccc2cc(Br)ccc2c1. The van der Waals surface area contributed by atoms with E-state index in [1.54, 1.807) is 0 Å². The van der Waals surface area contributed by atoms with E-state index in [1.807, 2.05) is 36.4 Å². The number of carbonyl (C=O) groups is 2. The predicted molar refractivity (Wildman–Crippen MR) is 85.5 cm³/mol. The van der Waals surface area contributed by atoms with Gasteiger partial charge < -0.3 is 15.7 Å². The highest BCUT2D eigenvalue weighted by atomic mass is 79.9. The van der Waals surface area contributed by atoms with Gasteiger partial charge in [-0.2, -0.15) is 0 Å². The largest absolute Gasteiger partial charge is 0.481 e. The van der Waals surface area contributed by atoms with Crippen LogP contribution in [0.5, 0.6) is 0 Å². The van der Waals surface area contributed by atoms with Crippen LogP contribution in [0.3, 0.4) is 0 Å². The number of halogens is 1. The number of urea groups is 1. The number of anilines is 1. The maximum absolute atomic E-state index is 11.7. The molecule has 0 aliphatic heterocycles. The summed E-state index contributed by atoms with van der Waals surface area (Å²) in [6, 6.07) is 11.2. The van der Waals surface area contributed by atoms with Crippen molar-refractivity contribution in [3.8, 4) is 0 Å². The van der Waals surface area contributed by atoms with Crippen LogP contribution in [0, 0.1) is 0 Å². The van der Waals surface area contributed by atoms with Gasteiger partial charge in [-0.1, -0.05) is 28.1 Å². The first kappa shape index (κ1) is 15.3. The van der Waals surface area contributed by atoms with Crippen LogP contribution in [0.25, 0.3) is 10.8 Å². The summed E-state index contributed by atoms with van der Waals surface area (Å²) in [6.45, 7) is 0.332. The number of carbonyl (C=O) groups excluding carboxylic acids is 1. The normalized spacial score (nSPS) is 10.3. The number of carboxylic acid groups (broad SMARTS) is 1. The zero-order valence-electron chi connectivity index (χ0n) is 11.2. The van der Waals surface area contributed by atoms with E-state index in [-0.39, 0.29) is 12.5 Å². The summed E-state index contributed by atoms with van der Waals surface area (Å²) >= 11 is 3.42. The van der Waals surface area contributed by atoms with E-state index in [0.29, 0.717) is 18.7 Å². The van der Waals surface area contributed by atoms with Gasteiger partial charge in [0.1, 0.15) is 0 Å². The molecule has 0 radical (unpaired) electrons. The molecule has 0 unspecified atom stereocenters. The van der Waals surface area contributed by atoms with Crippen LogP contribution in [0.15, 0.2) is 40.9 Å². The lowest BCUT2D eigenvalue weighted by atomic mass is 10.1. The Labute approximate surface area is 130 Å². The molecule has 2 aromatic rings. The Morgan fingerprint density at radius 3 is 2.57 bits per heavy atom. The van der Waals surface area contributed by atoms with E-state index in [0.717, 1.165) is 15.2 Å². The molecule has 5 nitrogen and oxygen atoms in total. The molecule has 0 aromatic heterocycles.